The minimum Gasteiger partial charge on any atom is -0.311 e. The largest absolute Gasteiger partial charge is 0.311 e. The zero-order valence-electron chi connectivity index (χ0n) is 6.93. The highest BCUT2D eigenvalue weighted by Crippen LogP contribution is 2.42. The number of nitrogens with one attached hydrogen (secondary N) is 1. The van der Waals surface area contributed by atoms with Crippen LogP contribution in [0.3, 0.4) is 0 Å². The molecule has 1 aliphatic carbocycles. The van der Waals surface area contributed by atoms with E-state index in [0.717, 1.165) is 23.9 Å². The summed E-state index contributed by atoms with van der Waals surface area (Å²) in [6, 6.07) is 1.57. The molecule has 0 aromatic carbocycles. The van der Waals surface area contributed by atoms with Gasteiger partial charge in [0.05, 0.1) is 0 Å². The second kappa shape index (κ2) is 2.23. The van der Waals surface area contributed by atoms with Gasteiger partial charge < -0.3 is 5.32 Å². The van der Waals surface area contributed by atoms with Gasteiger partial charge in [-0.05, 0) is 44.9 Å². The van der Waals surface area contributed by atoms with Crippen LogP contribution in [0.15, 0.2) is 0 Å². The Kier molecular flexibility index (Phi) is 1.48. The maximum absolute atomic E-state index is 3.59. The summed E-state index contributed by atoms with van der Waals surface area (Å²) in [6.07, 6.45) is 4.43. The summed E-state index contributed by atoms with van der Waals surface area (Å²) in [4.78, 5) is 0. The van der Waals surface area contributed by atoms with Crippen LogP contribution in [-0.4, -0.2) is 12.1 Å². The summed E-state index contributed by atoms with van der Waals surface area (Å²) in [5.74, 6) is 2.10. The standard InChI is InChI=1S/C9H17N/c1-6-5-9(7(2)10-6)8-3-4-8/h6-10H,3-5H2,1-2H3. The Hall–Kier alpha value is -0.0400. The molecule has 1 saturated carbocycles. The first-order valence-electron chi connectivity index (χ1n) is 4.53. The lowest BCUT2D eigenvalue weighted by molar-refractivity contribution is 0.423. The van der Waals surface area contributed by atoms with Crippen LogP contribution < -0.4 is 5.32 Å². The first-order chi connectivity index (χ1) is 4.77. The van der Waals surface area contributed by atoms with Crippen LogP contribution in [-0.2, 0) is 0 Å². The van der Waals surface area contributed by atoms with Crippen molar-refractivity contribution in [3.8, 4) is 0 Å². The smallest absolute Gasteiger partial charge is 0.00726 e. The minimum atomic E-state index is 0.778. The topological polar surface area (TPSA) is 12.0 Å². The second-order valence-corrected chi connectivity index (χ2v) is 4.09. The number of rotatable bonds is 1. The van der Waals surface area contributed by atoms with E-state index in [1.54, 1.807) is 0 Å². The zero-order chi connectivity index (χ0) is 7.14. The quantitative estimate of drug-likeness (QED) is 0.584. The highest BCUT2D eigenvalue weighted by molar-refractivity contribution is 4.94. The van der Waals surface area contributed by atoms with Crippen LogP contribution in [0.4, 0.5) is 0 Å². The Morgan fingerprint density at radius 3 is 2.30 bits per heavy atom. The van der Waals surface area contributed by atoms with Gasteiger partial charge in [0.15, 0.2) is 0 Å². The lowest BCUT2D eigenvalue weighted by atomic mass is 9.95. The van der Waals surface area contributed by atoms with Gasteiger partial charge in [-0.3, -0.25) is 0 Å². The molecule has 0 amide bonds. The molecule has 2 rings (SSSR count). The highest BCUT2D eigenvalue weighted by Gasteiger charge is 2.39. The van der Waals surface area contributed by atoms with Crippen molar-refractivity contribution in [2.75, 3.05) is 0 Å². The van der Waals surface area contributed by atoms with E-state index in [9.17, 15) is 0 Å². The van der Waals surface area contributed by atoms with Crippen molar-refractivity contribution < 1.29 is 0 Å². The fourth-order valence-electron chi connectivity index (χ4n) is 2.38. The van der Waals surface area contributed by atoms with Gasteiger partial charge in [-0.2, -0.15) is 0 Å². The average Bonchev–Trinajstić information content (AvgIpc) is 2.61. The van der Waals surface area contributed by atoms with Gasteiger partial charge in [-0.1, -0.05) is 0 Å². The molecule has 1 heterocycles. The van der Waals surface area contributed by atoms with Crippen molar-refractivity contribution in [2.24, 2.45) is 11.8 Å². The maximum Gasteiger partial charge on any atom is 0.00726 e. The number of hydrogen-bond acceptors (Lipinski definition) is 1. The molecule has 0 aromatic rings. The predicted molar refractivity (Wildman–Crippen MR) is 42.9 cm³/mol. The van der Waals surface area contributed by atoms with Gasteiger partial charge >= 0.3 is 0 Å². The summed E-state index contributed by atoms with van der Waals surface area (Å²) in [5, 5.41) is 3.59. The molecule has 1 heteroatoms. The molecule has 58 valence electrons. The molecule has 2 fully saturated rings. The molecule has 0 aromatic heterocycles. The summed E-state index contributed by atoms with van der Waals surface area (Å²) < 4.78 is 0. The Labute approximate surface area is 63.2 Å². The molecule has 0 spiro atoms. The summed E-state index contributed by atoms with van der Waals surface area (Å²) in [7, 11) is 0. The van der Waals surface area contributed by atoms with E-state index in [2.05, 4.69) is 19.2 Å². The van der Waals surface area contributed by atoms with Crippen molar-refractivity contribution in [1.29, 1.82) is 0 Å². The van der Waals surface area contributed by atoms with Crippen molar-refractivity contribution >= 4 is 0 Å². The van der Waals surface area contributed by atoms with E-state index in [-0.39, 0.29) is 0 Å². The maximum atomic E-state index is 3.59. The molecule has 1 nitrogen and oxygen atoms in total. The van der Waals surface area contributed by atoms with E-state index in [0.29, 0.717) is 0 Å². The van der Waals surface area contributed by atoms with Gasteiger partial charge in [0.25, 0.3) is 0 Å². The van der Waals surface area contributed by atoms with Gasteiger partial charge in [-0.25, -0.2) is 0 Å². The molecule has 1 aliphatic heterocycles. The second-order valence-electron chi connectivity index (χ2n) is 4.09. The molecule has 1 saturated heterocycles. The van der Waals surface area contributed by atoms with E-state index < -0.39 is 0 Å². The fraction of sp³-hybridized carbons (Fsp3) is 1.00. The lowest BCUT2D eigenvalue weighted by Gasteiger charge is -2.12. The zero-order valence-corrected chi connectivity index (χ0v) is 6.93. The Balaban J connectivity index is 1.95. The molecule has 3 atom stereocenters. The minimum absolute atomic E-state index is 0.778. The third-order valence-electron chi connectivity index (χ3n) is 3.04. The monoisotopic (exact) mass is 139 g/mol. The molecular weight excluding hydrogens is 122 g/mol. The molecular formula is C9H17N. The van der Waals surface area contributed by atoms with Crippen molar-refractivity contribution in [1.82, 2.24) is 5.32 Å². The third kappa shape index (κ3) is 1.07. The van der Waals surface area contributed by atoms with Crippen LogP contribution in [0.25, 0.3) is 0 Å². The normalized spacial score (nSPS) is 48.0. The van der Waals surface area contributed by atoms with Gasteiger partial charge in [0.1, 0.15) is 0 Å². The fourth-order valence-corrected chi connectivity index (χ4v) is 2.38. The van der Waals surface area contributed by atoms with Crippen LogP contribution in [0, 0.1) is 11.8 Å². The van der Waals surface area contributed by atoms with E-state index in [4.69, 9.17) is 0 Å². The Bertz CT molecular complexity index is 129. The van der Waals surface area contributed by atoms with Crippen LogP contribution in [0.2, 0.25) is 0 Å². The summed E-state index contributed by atoms with van der Waals surface area (Å²) >= 11 is 0. The molecule has 0 bridgehead atoms. The van der Waals surface area contributed by atoms with Crippen LogP contribution in [0.1, 0.15) is 33.1 Å². The lowest BCUT2D eigenvalue weighted by Crippen LogP contribution is -2.27. The Morgan fingerprint density at radius 1 is 1.20 bits per heavy atom. The molecule has 1 N–H and O–H groups in total. The molecule has 3 unspecified atom stereocenters. The number of hydrogen-bond donors (Lipinski definition) is 1. The summed E-state index contributed by atoms with van der Waals surface area (Å²) in [6.45, 7) is 4.64. The van der Waals surface area contributed by atoms with E-state index in [1.165, 1.54) is 19.3 Å². The van der Waals surface area contributed by atoms with Gasteiger partial charge in [0.2, 0.25) is 0 Å². The van der Waals surface area contributed by atoms with Gasteiger partial charge in [-0.15, -0.1) is 0 Å². The van der Waals surface area contributed by atoms with Crippen molar-refractivity contribution in [2.45, 2.75) is 45.2 Å². The SMILES string of the molecule is CC1CC(C2CC2)C(C)N1. The van der Waals surface area contributed by atoms with E-state index >= 15 is 0 Å². The van der Waals surface area contributed by atoms with E-state index in [1.807, 2.05) is 0 Å². The molecule has 2 aliphatic rings. The molecule has 0 radical (unpaired) electrons. The summed E-state index contributed by atoms with van der Waals surface area (Å²) in [5.41, 5.74) is 0. The van der Waals surface area contributed by atoms with Crippen LogP contribution >= 0.6 is 0 Å². The van der Waals surface area contributed by atoms with Crippen molar-refractivity contribution in [3.05, 3.63) is 0 Å². The molecule has 10 heavy (non-hydrogen) atoms. The first kappa shape index (κ1) is 6.66. The predicted octanol–water partition coefficient (Wildman–Crippen LogP) is 1.78. The highest BCUT2D eigenvalue weighted by atomic mass is 15.0. The first-order valence-corrected chi connectivity index (χ1v) is 4.53. The van der Waals surface area contributed by atoms with Crippen LogP contribution in [0.5, 0.6) is 0 Å². The van der Waals surface area contributed by atoms with Crippen molar-refractivity contribution in [3.63, 3.8) is 0 Å². The Morgan fingerprint density at radius 2 is 1.90 bits per heavy atom. The average molecular weight is 139 g/mol. The van der Waals surface area contributed by atoms with Gasteiger partial charge in [0, 0.05) is 12.1 Å². The third-order valence-corrected chi connectivity index (χ3v) is 3.04.